The second-order valence-corrected chi connectivity index (χ2v) is 5.38. The molecule has 0 radical (unpaired) electrons. The summed E-state index contributed by atoms with van der Waals surface area (Å²) in [6.07, 6.45) is 3.42. The van der Waals surface area contributed by atoms with E-state index in [0.717, 1.165) is 22.5 Å². The van der Waals surface area contributed by atoms with Gasteiger partial charge in [-0.05, 0) is 39.8 Å². The predicted molar refractivity (Wildman–Crippen MR) is 84.3 cm³/mol. The number of amides is 1. The lowest BCUT2D eigenvalue weighted by molar-refractivity contribution is -0.117. The SMILES string of the molecule is CC(C)=CC(=O)N[C@@H](C)c1cnn(-c2ccccc2)c1C. The summed E-state index contributed by atoms with van der Waals surface area (Å²) in [5, 5.41) is 7.39. The van der Waals surface area contributed by atoms with Crippen molar-refractivity contribution in [1.29, 1.82) is 0 Å². The van der Waals surface area contributed by atoms with Crippen LogP contribution in [0, 0.1) is 6.92 Å². The van der Waals surface area contributed by atoms with Crippen LogP contribution in [0.25, 0.3) is 5.69 Å². The minimum Gasteiger partial charge on any atom is -0.346 e. The Balaban J connectivity index is 2.20. The van der Waals surface area contributed by atoms with Crippen LogP contribution in [0.4, 0.5) is 0 Å². The van der Waals surface area contributed by atoms with Crippen LogP contribution in [0.3, 0.4) is 0 Å². The molecular weight excluding hydrogens is 262 g/mol. The molecule has 0 unspecified atom stereocenters. The Morgan fingerprint density at radius 3 is 2.57 bits per heavy atom. The largest absolute Gasteiger partial charge is 0.346 e. The normalized spacial score (nSPS) is 11.8. The maximum Gasteiger partial charge on any atom is 0.244 e. The van der Waals surface area contributed by atoms with Gasteiger partial charge in [0.15, 0.2) is 0 Å². The van der Waals surface area contributed by atoms with E-state index in [4.69, 9.17) is 0 Å². The third-order valence-electron chi connectivity index (χ3n) is 3.29. The number of carbonyl (C=O) groups excluding carboxylic acids is 1. The Kier molecular flexibility index (Phi) is 4.58. The average Bonchev–Trinajstić information content (AvgIpc) is 2.80. The zero-order valence-corrected chi connectivity index (χ0v) is 12.9. The van der Waals surface area contributed by atoms with Crippen molar-refractivity contribution < 1.29 is 4.79 Å². The Morgan fingerprint density at radius 1 is 1.29 bits per heavy atom. The molecule has 0 fully saturated rings. The van der Waals surface area contributed by atoms with Gasteiger partial charge in [0.05, 0.1) is 17.9 Å². The number of hydrogen-bond acceptors (Lipinski definition) is 2. The van der Waals surface area contributed by atoms with Gasteiger partial charge in [-0.1, -0.05) is 23.8 Å². The topological polar surface area (TPSA) is 46.9 Å². The number of rotatable bonds is 4. The van der Waals surface area contributed by atoms with Crippen LogP contribution in [0.15, 0.2) is 48.2 Å². The highest BCUT2D eigenvalue weighted by atomic mass is 16.1. The first-order chi connectivity index (χ1) is 9.99. The molecule has 1 amide bonds. The molecule has 1 aromatic carbocycles. The van der Waals surface area contributed by atoms with E-state index in [9.17, 15) is 4.79 Å². The van der Waals surface area contributed by atoms with Gasteiger partial charge < -0.3 is 5.32 Å². The molecule has 21 heavy (non-hydrogen) atoms. The van der Waals surface area contributed by atoms with E-state index in [-0.39, 0.29) is 11.9 Å². The molecule has 0 aliphatic carbocycles. The van der Waals surface area contributed by atoms with Crippen molar-refractivity contribution in [2.45, 2.75) is 33.7 Å². The molecule has 1 N–H and O–H groups in total. The lowest BCUT2D eigenvalue weighted by Crippen LogP contribution is -2.25. The molecule has 4 heteroatoms. The Bertz CT molecular complexity index is 652. The predicted octanol–water partition coefficient (Wildman–Crippen LogP) is 3.32. The lowest BCUT2D eigenvalue weighted by Gasteiger charge is -2.13. The van der Waals surface area contributed by atoms with Gasteiger partial charge in [-0.15, -0.1) is 0 Å². The summed E-state index contributed by atoms with van der Waals surface area (Å²) < 4.78 is 1.89. The van der Waals surface area contributed by atoms with Crippen LogP contribution in [-0.4, -0.2) is 15.7 Å². The summed E-state index contributed by atoms with van der Waals surface area (Å²) in [6.45, 7) is 7.79. The summed E-state index contributed by atoms with van der Waals surface area (Å²) >= 11 is 0. The summed E-state index contributed by atoms with van der Waals surface area (Å²) in [5.41, 5.74) is 4.06. The van der Waals surface area contributed by atoms with E-state index in [1.54, 1.807) is 6.08 Å². The second-order valence-electron chi connectivity index (χ2n) is 5.38. The summed E-state index contributed by atoms with van der Waals surface area (Å²) in [4.78, 5) is 11.8. The molecular formula is C17H21N3O. The molecule has 4 nitrogen and oxygen atoms in total. The molecule has 2 aromatic rings. The van der Waals surface area contributed by atoms with Crippen LogP contribution in [0.2, 0.25) is 0 Å². The van der Waals surface area contributed by atoms with E-state index in [1.165, 1.54) is 0 Å². The molecule has 0 spiro atoms. The van der Waals surface area contributed by atoms with Gasteiger partial charge in [0, 0.05) is 17.3 Å². The molecule has 110 valence electrons. The Morgan fingerprint density at radius 2 is 1.95 bits per heavy atom. The number of allylic oxidation sites excluding steroid dienone is 1. The number of benzene rings is 1. The number of carbonyl (C=O) groups is 1. The fraction of sp³-hybridized carbons (Fsp3) is 0.294. The van der Waals surface area contributed by atoms with E-state index in [2.05, 4.69) is 10.4 Å². The zero-order chi connectivity index (χ0) is 15.4. The average molecular weight is 283 g/mol. The van der Waals surface area contributed by atoms with Crippen LogP contribution in [0.5, 0.6) is 0 Å². The van der Waals surface area contributed by atoms with Crippen molar-refractivity contribution in [3.63, 3.8) is 0 Å². The molecule has 0 saturated carbocycles. The number of hydrogen-bond donors (Lipinski definition) is 1. The van der Waals surface area contributed by atoms with Crippen LogP contribution in [0.1, 0.15) is 38.1 Å². The smallest absolute Gasteiger partial charge is 0.244 e. The maximum atomic E-state index is 11.8. The third-order valence-corrected chi connectivity index (χ3v) is 3.29. The molecule has 0 aliphatic heterocycles. The first kappa shape index (κ1) is 15.0. The highest BCUT2D eigenvalue weighted by molar-refractivity contribution is 5.88. The monoisotopic (exact) mass is 283 g/mol. The van der Waals surface area contributed by atoms with Crippen molar-refractivity contribution in [1.82, 2.24) is 15.1 Å². The highest BCUT2D eigenvalue weighted by Gasteiger charge is 2.15. The third kappa shape index (κ3) is 3.60. The van der Waals surface area contributed by atoms with Crippen molar-refractivity contribution in [3.05, 3.63) is 59.4 Å². The highest BCUT2D eigenvalue weighted by Crippen LogP contribution is 2.20. The minimum atomic E-state index is -0.0782. The van der Waals surface area contributed by atoms with Gasteiger partial charge in [0.25, 0.3) is 0 Å². The van der Waals surface area contributed by atoms with Gasteiger partial charge in [0.1, 0.15) is 0 Å². The van der Waals surface area contributed by atoms with Gasteiger partial charge in [-0.25, -0.2) is 4.68 Å². The number of para-hydroxylation sites is 1. The molecule has 1 atom stereocenters. The first-order valence-corrected chi connectivity index (χ1v) is 7.04. The van der Waals surface area contributed by atoms with Crippen molar-refractivity contribution >= 4 is 5.91 Å². The molecule has 0 bridgehead atoms. The van der Waals surface area contributed by atoms with Crippen LogP contribution >= 0.6 is 0 Å². The molecule has 0 aliphatic rings. The van der Waals surface area contributed by atoms with Gasteiger partial charge in [0.2, 0.25) is 5.91 Å². The van der Waals surface area contributed by atoms with Gasteiger partial charge in [-0.3, -0.25) is 4.79 Å². The van der Waals surface area contributed by atoms with Crippen molar-refractivity contribution in [2.75, 3.05) is 0 Å². The molecule has 2 rings (SSSR count). The molecule has 1 heterocycles. The number of nitrogens with one attached hydrogen (secondary N) is 1. The fourth-order valence-corrected chi connectivity index (χ4v) is 2.27. The minimum absolute atomic E-state index is 0.0747. The number of nitrogens with zero attached hydrogens (tertiary/aromatic N) is 2. The Hall–Kier alpha value is -2.36. The quantitative estimate of drug-likeness (QED) is 0.875. The van der Waals surface area contributed by atoms with Gasteiger partial charge >= 0.3 is 0 Å². The van der Waals surface area contributed by atoms with Gasteiger partial charge in [-0.2, -0.15) is 5.10 Å². The van der Waals surface area contributed by atoms with E-state index in [1.807, 2.05) is 68.9 Å². The standard InChI is InChI=1S/C17H21N3O/c1-12(2)10-17(21)19-13(3)16-11-18-20(14(16)4)15-8-6-5-7-9-15/h5-11,13H,1-4H3,(H,19,21)/t13-/m0/s1. The van der Waals surface area contributed by atoms with E-state index < -0.39 is 0 Å². The van der Waals surface area contributed by atoms with E-state index in [0.29, 0.717) is 0 Å². The fourth-order valence-electron chi connectivity index (χ4n) is 2.27. The molecule has 1 aromatic heterocycles. The van der Waals surface area contributed by atoms with E-state index >= 15 is 0 Å². The summed E-state index contributed by atoms with van der Waals surface area (Å²) in [6, 6.07) is 9.88. The maximum absolute atomic E-state index is 11.8. The Labute approximate surface area is 125 Å². The van der Waals surface area contributed by atoms with Crippen LogP contribution in [-0.2, 0) is 4.79 Å². The number of aromatic nitrogens is 2. The summed E-state index contributed by atoms with van der Waals surface area (Å²) in [5.74, 6) is -0.0747. The van der Waals surface area contributed by atoms with Crippen molar-refractivity contribution in [2.24, 2.45) is 0 Å². The summed E-state index contributed by atoms with van der Waals surface area (Å²) in [7, 11) is 0. The zero-order valence-electron chi connectivity index (χ0n) is 12.9. The molecule has 0 saturated heterocycles. The second kappa shape index (κ2) is 6.39. The first-order valence-electron chi connectivity index (χ1n) is 7.04. The van der Waals surface area contributed by atoms with Crippen molar-refractivity contribution in [3.8, 4) is 5.69 Å². The van der Waals surface area contributed by atoms with Crippen LogP contribution < -0.4 is 5.32 Å². The lowest BCUT2D eigenvalue weighted by atomic mass is 10.1.